The molecule has 0 heterocycles. The molecule has 14 heavy (non-hydrogen) atoms. The first kappa shape index (κ1) is 14.4. The third-order valence-corrected chi connectivity index (χ3v) is 2.84. The predicted octanol–water partition coefficient (Wildman–Crippen LogP) is 3.92. The fraction of sp³-hybridized carbons (Fsp3) is 1.00. The molecule has 0 unspecified atom stereocenters. The van der Waals surface area contributed by atoms with Crippen LogP contribution in [0.5, 0.6) is 0 Å². The Morgan fingerprint density at radius 3 is 2.21 bits per heavy atom. The summed E-state index contributed by atoms with van der Waals surface area (Å²) in [7, 11) is 0. The maximum atomic E-state index is 3.52. The van der Waals surface area contributed by atoms with Gasteiger partial charge in [0.05, 0.1) is 0 Å². The van der Waals surface area contributed by atoms with Crippen LogP contribution in [0, 0.1) is 5.92 Å². The summed E-state index contributed by atoms with van der Waals surface area (Å²) in [5, 5.41) is 1.11. The summed E-state index contributed by atoms with van der Waals surface area (Å²) in [6, 6.07) is 0. The molecule has 1 nitrogen and oxygen atoms in total. The molecule has 0 bridgehead atoms. The molecule has 0 spiro atoms. The summed E-state index contributed by atoms with van der Waals surface area (Å²) in [6.07, 6.45) is 5.37. The van der Waals surface area contributed by atoms with E-state index in [9.17, 15) is 0 Å². The summed E-state index contributed by atoms with van der Waals surface area (Å²) >= 11 is 3.52. The number of alkyl halides is 1. The minimum atomic E-state index is 0.854. The Bertz CT molecular complexity index is 115. The molecular weight excluding hydrogens is 238 g/mol. The van der Waals surface area contributed by atoms with Crippen molar-refractivity contribution in [3.05, 3.63) is 0 Å². The van der Waals surface area contributed by atoms with E-state index in [-0.39, 0.29) is 0 Å². The van der Waals surface area contributed by atoms with Gasteiger partial charge < -0.3 is 4.90 Å². The van der Waals surface area contributed by atoms with Crippen molar-refractivity contribution >= 4 is 15.9 Å². The van der Waals surface area contributed by atoms with Crippen LogP contribution in [0.2, 0.25) is 0 Å². The van der Waals surface area contributed by atoms with E-state index in [2.05, 4.69) is 41.6 Å². The van der Waals surface area contributed by atoms with Gasteiger partial charge >= 0.3 is 0 Å². The largest absolute Gasteiger partial charge is 0.303 e. The van der Waals surface area contributed by atoms with Crippen molar-refractivity contribution in [1.29, 1.82) is 0 Å². The van der Waals surface area contributed by atoms with Gasteiger partial charge in [-0.15, -0.1) is 0 Å². The Morgan fingerprint density at radius 1 is 1.07 bits per heavy atom. The van der Waals surface area contributed by atoms with Crippen molar-refractivity contribution in [3.63, 3.8) is 0 Å². The molecule has 0 atom stereocenters. The van der Waals surface area contributed by atoms with Crippen molar-refractivity contribution in [2.45, 2.75) is 46.5 Å². The number of hydrogen-bond acceptors (Lipinski definition) is 1. The molecule has 0 aliphatic heterocycles. The highest BCUT2D eigenvalue weighted by Gasteiger charge is 2.03. The number of rotatable bonds is 9. The van der Waals surface area contributed by atoms with Crippen molar-refractivity contribution in [2.24, 2.45) is 5.92 Å². The fourth-order valence-electron chi connectivity index (χ4n) is 1.56. The lowest BCUT2D eigenvalue weighted by molar-refractivity contribution is 0.275. The molecule has 0 aromatic rings. The number of unbranched alkanes of at least 4 members (excludes halogenated alkanes) is 1. The molecule has 0 aliphatic carbocycles. The standard InChI is InChI=1S/C12H26BrN/c1-4-5-9-14(11-8-13)10-6-7-12(2)3/h12H,4-11H2,1-3H3. The topological polar surface area (TPSA) is 3.24 Å². The summed E-state index contributed by atoms with van der Waals surface area (Å²) in [4.78, 5) is 2.58. The van der Waals surface area contributed by atoms with Gasteiger partial charge in [-0.3, -0.25) is 0 Å². The quantitative estimate of drug-likeness (QED) is 0.570. The smallest absolute Gasteiger partial charge is 0.0159 e. The number of nitrogens with zero attached hydrogens (tertiary/aromatic N) is 1. The van der Waals surface area contributed by atoms with Crippen LogP contribution in [0.15, 0.2) is 0 Å². The molecule has 0 aromatic carbocycles. The average molecular weight is 264 g/mol. The zero-order valence-electron chi connectivity index (χ0n) is 10.1. The lowest BCUT2D eigenvalue weighted by atomic mass is 10.1. The van der Waals surface area contributed by atoms with Gasteiger partial charge in [-0.2, -0.15) is 0 Å². The lowest BCUT2D eigenvalue weighted by Gasteiger charge is -2.21. The molecule has 0 fully saturated rings. The molecule has 0 aliphatic rings. The van der Waals surface area contributed by atoms with E-state index in [1.807, 2.05) is 0 Å². The van der Waals surface area contributed by atoms with Gasteiger partial charge in [-0.25, -0.2) is 0 Å². The van der Waals surface area contributed by atoms with Crippen molar-refractivity contribution < 1.29 is 0 Å². The minimum absolute atomic E-state index is 0.854. The first-order chi connectivity index (χ1) is 6.70. The van der Waals surface area contributed by atoms with E-state index in [1.165, 1.54) is 45.3 Å². The minimum Gasteiger partial charge on any atom is -0.303 e. The second-order valence-corrected chi connectivity index (χ2v) is 5.21. The van der Waals surface area contributed by atoms with Crippen LogP contribution in [-0.2, 0) is 0 Å². The average Bonchev–Trinajstić information content (AvgIpc) is 2.13. The van der Waals surface area contributed by atoms with E-state index in [1.54, 1.807) is 0 Å². The molecule has 0 N–H and O–H groups in total. The van der Waals surface area contributed by atoms with Crippen molar-refractivity contribution in [1.82, 2.24) is 4.90 Å². The Labute approximate surface area is 98.4 Å². The summed E-state index contributed by atoms with van der Waals surface area (Å²) in [5.74, 6) is 0.854. The van der Waals surface area contributed by atoms with Crippen LogP contribution in [-0.4, -0.2) is 29.9 Å². The highest BCUT2D eigenvalue weighted by atomic mass is 79.9. The SMILES string of the molecule is CCCCN(CCBr)CCCC(C)C. The highest BCUT2D eigenvalue weighted by molar-refractivity contribution is 9.09. The van der Waals surface area contributed by atoms with E-state index in [4.69, 9.17) is 0 Å². The summed E-state index contributed by atoms with van der Waals surface area (Å²) in [5.41, 5.74) is 0. The van der Waals surface area contributed by atoms with Gasteiger partial charge in [0.15, 0.2) is 0 Å². The van der Waals surface area contributed by atoms with Gasteiger partial charge in [0.1, 0.15) is 0 Å². The monoisotopic (exact) mass is 263 g/mol. The summed E-state index contributed by atoms with van der Waals surface area (Å²) < 4.78 is 0. The molecule has 0 aromatic heterocycles. The Morgan fingerprint density at radius 2 is 1.71 bits per heavy atom. The molecule has 86 valence electrons. The Balaban J connectivity index is 3.50. The van der Waals surface area contributed by atoms with E-state index >= 15 is 0 Å². The molecule has 0 radical (unpaired) electrons. The maximum Gasteiger partial charge on any atom is 0.0159 e. The van der Waals surface area contributed by atoms with Gasteiger partial charge in [-0.1, -0.05) is 43.1 Å². The third-order valence-electron chi connectivity index (χ3n) is 2.48. The second-order valence-electron chi connectivity index (χ2n) is 4.42. The second kappa shape index (κ2) is 9.97. The Kier molecular flexibility index (Phi) is 10.3. The van der Waals surface area contributed by atoms with Crippen LogP contribution < -0.4 is 0 Å². The molecule has 0 amide bonds. The third kappa shape index (κ3) is 9.01. The summed E-state index contributed by atoms with van der Waals surface area (Å²) in [6.45, 7) is 10.6. The first-order valence-corrected chi connectivity index (χ1v) is 7.11. The normalized spacial score (nSPS) is 11.6. The van der Waals surface area contributed by atoms with Crippen LogP contribution in [0.3, 0.4) is 0 Å². The van der Waals surface area contributed by atoms with Crippen LogP contribution >= 0.6 is 15.9 Å². The predicted molar refractivity (Wildman–Crippen MR) is 69.2 cm³/mol. The number of hydrogen-bond donors (Lipinski definition) is 0. The van der Waals surface area contributed by atoms with Crippen LogP contribution in [0.1, 0.15) is 46.5 Å². The fourth-order valence-corrected chi connectivity index (χ4v) is 2.06. The van der Waals surface area contributed by atoms with Gasteiger partial charge in [-0.05, 0) is 38.3 Å². The zero-order valence-corrected chi connectivity index (χ0v) is 11.6. The maximum absolute atomic E-state index is 3.52. The van der Waals surface area contributed by atoms with E-state index in [0.717, 1.165) is 11.2 Å². The van der Waals surface area contributed by atoms with E-state index in [0.29, 0.717) is 0 Å². The molecule has 0 saturated heterocycles. The first-order valence-electron chi connectivity index (χ1n) is 5.99. The highest BCUT2D eigenvalue weighted by Crippen LogP contribution is 2.06. The van der Waals surface area contributed by atoms with Gasteiger partial charge in [0.2, 0.25) is 0 Å². The molecule has 0 saturated carbocycles. The Hall–Kier alpha value is 0.440. The van der Waals surface area contributed by atoms with Crippen LogP contribution in [0.25, 0.3) is 0 Å². The number of halogens is 1. The molecule has 0 rings (SSSR count). The molecular formula is C12H26BrN. The zero-order chi connectivity index (χ0) is 10.8. The van der Waals surface area contributed by atoms with Crippen molar-refractivity contribution in [3.8, 4) is 0 Å². The van der Waals surface area contributed by atoms with Crippen molar-refractivity contribution in [2.75, 3.05) is 25.0 Å². The van der Waals surface area contributed by atoms with Crippen LogP contribution in [0.4, 0.5) is 0 Å². The lowest BCUT2D eigenvalue weighted by Crippen LogP contribution is -2.28. The van der Waals surface area contributed by atoms with E-state index < -0.39 is 0 Å². The van der Waals surface area contributed by atoms with Gasteiger partial charge in [0, 0.05) is 11.9 Å². The van der Waals surface area contributed by atoms with Gasteiger partial charge in [0.25, 0.3) is 0 Å². The molecule has 2 heteroatoms.